The van der Waals surface area contributed by atoms with Crippen molar-refractivity contribution >= 4 is 28.0 Å². The van der Waals surface area contributed by atoms with Gasteiger partial charge in [0.05, 0.1) is 4.90 Å². The van der Waals surface area contributed by atoms with Gasteiger partial charge in [0.15, 0.2) is 0 Å². The Bertz CT molecular complexity index is 925. The molecule has 0 radical (unpaired) electrons. The van der Waals surface area contributed by atoms with Crippen molar-refractivity contribution in [1.82, 2.24) is 19.8 Å². The van der Waals surface area contributed by atoms with E-state index in [1.807, 2.05) is 4.90 Å². The van der Waals surface area contributed by atoms with Crippen LogP contribution < -0.4 is 10.4 Å². The van der Waals surface area contributed by atoms with Crippen molar-refractivity contribution in [2.24, 2.45) is 0 Å². The van der Waals surface area contributed by atoms with Crippen molar-refractivity contribution in [3.8, 4) is 0 Å². The third kappa shape index (κ3) is 4.48. The second kappa shape index (κ2) is 8.25. The van der Waals surface area contributed by atoms with Gasteiger partial charge in [-0.2, -0.15) is 4.31 Å². The molecule has 1 aliphatic rings. The fraction of sp³-hybridized carbons (Fsp3) is 0.235. The summed E-state index contributed by atoms with van der Waals surface area (Å²) in [6.45, 7) is 1.65. The van der Waals surface area contributed by atoms with E-state index < -0.39 is 15.9 Å². The van der Waals surface area contributed by atoms with Gasteiger partial charge in [0.2, 0.25) is 16.0 Å². The summed E-state index contributed by atoms with van der Waals surface area (Å²) >= 11 is 0. The summed E-state index contributed by atoms with van der Waals surface area (Å²) in [6.07, 6.45) is 5.85. The number of amides is 1. The first-order valence-electron chi connectivity index (χ1n) is 8.25. The van der Waals surface area contributed by atoms with Crippen LogP contribution >= 0.6 is 0 Å². The molecule has 2 N–H and O–H groups in total. The zero-order chi connectivity index (χ0) is 19.3. The SMILES string of the molecule is O=C(/C=C/c1cccc(S(=O)(=O)N2CCN(c3ncccn3)CC2)c1)NO. The van der Waals surface area contributed by atoms with Gasteiger partial charge in [0.25, 0.3) is 5.91 Å². The number of hydrogen-bond acceptors (Lipinski definition) is 7. The van der Waals surface area contributed by atoms with E-state index in [1.165, 1.54) is 28.0 Å². The fourth-order valence-electron chi connectivity index (χ4n) is 2.72. The Morgan fingerprint density at radius 1 is 1.11 bits per heavy atom. The summed E-state index contributed by atoms with van der Waals surface area (Å²) < 4.78 is 27.2. The minimum absolute atomic E-state index is 0.151. The van der Waals surface area contributed by atoms with E-state index in [2.05, 4.69) is 9.97 Å². The average Bonchev–Trinajstić information content (AvgIpc) is 2.73. The molecule has 0 saturated carbocycles. The largest absolute Gasteiger partial charge is 0.338 e. The molecule has 3 rings (SSSR count). The highest BCUT2D eigenvalue weighted by molar-refractivity contribution is 7.89. The van der Waals surface area contributed by atoms with E-state index in [-0.39, 0.29) is 4.90 Å². The van der Waals surface area contributed by atoms with Gasteiger partial charge >= 0.3 is 0 Å². The van der Waals surface area contributed by atoms with E-state index in [0.717, 1.165) is 6.08 Å². The van der Waals surface area contributed by atoms with Crippen LogP contribution in [0.4, 0.5) is 5.95 Å². The third-order valence-electron chi connectivity index (χ3n) is 4.11. The first kappa shape index (κ1) is 19.0. The summed E-state index contributed by atoms with van der Waals surface area (Å²) in [5.74, 6) is -0.105. The van der Waals surface area contributed by atoms with E-state index in [9.17, 15) is 13.2 Å². The van der Waals surface area contributed by atoms with E-state index in [0.29, 0.717) is 37.7 Å². The number of aromatic nitrogens is 2. The highest BCUT2D eigenvalue weighted by Crippen LogP contribution is 2.20. The lowest BCUT2D eigenvalue weighted by atomic mass is 10.2. The Hall–Kier alpha value is -2.82. The molecule has 2 heterocycles. The Kier molecular flexibility index (Phi) is 5.79. The van der Waals surface area contributed by atoms with E-state index in [1.54, 1.807) is 30.6 Å². The lowest BCUT2D eigenvalue weighted by Crippen LogP contribution is -2.49. The van der Waals surface area contributed by atoms with Crippen LogP contribution in [0.15, 0.2) is 53.7 Å². The first-order valence-corrected chi connectivity index (χ1v) is 9.69. The Morgan fingerprint density at radius 2 is 1.81 bits per heavy atom. The maximum Gasteiger partial charge on any atom is 0.267 e. The molecule has 0 atom stereocenters. The highest BCUT2D eigenvalue weighted by atomic mass is 32.2. The topological polar surface area (TPSA) is 116 Å². The van der Waals surface area contributed by atoms with Crippen molar-refractivity contribution in [2.75, 3.05) is 31.1 Å². The van der Waals surface area contributed by atoms with Gasteiger partial charge in [-0.3, -0.25) is 10.0 Å². The van der Waals surface area contributed by atoms with Crippen LogP contribution in [0.2, 0.25) is 0 Å². The monoisotopic (exact) mass is 389 g/mol. The number of hydroxylamine groups is 1. The number of carbonyl (C=O) groups is 1. The molecule has 142 valence electrons. The van der Waals surface area contributed by atoms with Crippen molar-refractivity contribution in [3.63, 3.8) is 0 Å². The smallest absolute Gasteiger partial charge is 0.267 e. The van der Waals surface area contributed by atoms with E-state index >= 15 is 0 Å². The summed E-state index contributed by atoms with van der Waals surface area (Å²) in [6, 6.07) is 8.02. The number of nitrogens with zero attached hydrogens (tertiary/aromatic N) is 4. The number of hydrogen-bond donors (Lipinski definition) is 2. The molecule has 1 aliphatic heterocycles. The number of piperazine rings is 1. The number of carbonyl (C=O) groups excluding carboxylic acids is 1. The fourth-order valence-corrected chi connectivity index (χ4v) is 4.20. The molecule has 10 heteroatoms. The molecule has 1 saturated heterocycles. The molecule has 2 aromatic rings. The van der Waals surface area contributed by atoms with Crippen LogP contribution in [0, 0.1) is 0 Å². The molecule has 0 aliphatic carbocycles. The summed E-state index contributed by atoms with van der Waals surface area (Å²) in [7, 11) is -3.65. The molecule has 0 spiro atoms. The summed E-state index contributed by atoms with van der Waals surface area (Å²) in [5.41, 5.74) is 2.02. The van der Waals surface area contributed by atoms with Crippen LogP contribution in [0.1, 0.15) is 5.56 Å². The third-order valence-corrected chi connectivity index (χ3v) is 6.00. The standard InChI is InChI=1S/C17H19N5O4S/c23-16(20-24)6-5-14-3-1-4-15(13-14)27(25,26)22-11-9-21(10-12-22)17-18-7-2-8-19-17/h1-8,13,24H,9-12H2,(H,20,23)/b6-5+. The predicted molar refractivity (Wildman–Crippen MR) is 98.4 cm³/mol. The molecule has 1 aromatic heterocycles. The quantitative estimate of drug-likeness (QED) is 0.435. The molecule has 0 bridgehead atoms. The number of nitrogens with one attached hydrogen (secondary N) is 1. The normalized spacial score (nSPS) is 15.8. The molecule has 1 aromatic carbocycles. The molecule has 9 nitrogen and oxygen atoms in total. The molecule has 1 amide bonds. The molecule has 1 fully saturated rings. The summed E-state index contributed by atoms with van der Waals surface area (Å²) in [4.78, 5) is 21.5. The van der Waals surface area contributed by atoms with Gasteiger partial charge in [-0.05, 0) is 29.8 Å². The van der Waals surface area contributed by atoms with Crippen LogP contribution in [0.25, 0.3) is 6.08 Å². The Labute approximate surface area is 157 Å². The second-order valence-corrected chi connectivity index (χ2v) is 7.76. The zero-order valence-corrected chi connectivity index (χ0v) is 15.2. The maximum absolute atomic E-state index is 12.9. The molecule has 0 unspecified atom stereocenters. The minimum Gasteiger partial charge on any atom is -0.338 e. The average molecular weight is 389 g/mol. The second-order valence-electron chi connectivity index (χ2n) is 5.82. The summed E-state index contributed by atoms with van der Waals surface area (Å²) in [5, 5.41) is 8.50. The van der Waals surface area contributed by atoms with Crippen LogP contribution in [0.5, 0.6) is 0 Å². The molecular formula is C17H19N5O4S. The van der Waals surface area contributed by atoms with Gasteiger partial charge in [-0.1, -0.05) is 12.1 Å². The lowest BCUT2D eigenvalue weighted by molar-refractivity contribution is -0.124. The van der Waals surface area contributed by atoms with Gasteiger partial charge in [0, 0.05) is 44.6 Å². The van der Waals surface area contributed by atoms with Crippen molar-refractivity contribution in [2.45, 2.75) is 4.90 Å². The van der Waals surface area contributed by atoms with E-state index in [4.69, 9.17) is 5.21 Å². The van der Waals surface area contributed by atoms with Crippen LogP contribution in [0.3, 0.4) is 0 Å². The number of benzene rings is 1. The number of anilines is 1. The number of rotatable bonds is 5. The zero-order valence-electron chi connectivity index (χ0n) is 14.4. The Morgan fingerprint density at radius 3 is 2.48 bits per heavy atom. The van der Waals surface area contributed by atoms with Crippen molar-refractivity contribution in [3.05, 3.63) is 54.4 Å². The van der Waals surface area contributed by atoms with Gasteiger partial charge < -0.3 is 4.90 Å². The van der Waals surface area contributed by atoms with Crippen molar-refractivity contribution in [1.29, 1.82) is 0 Å². The predicted octanol–water partition coefficient (Wildman–Crippen LogP) is 0.506. The number of sulfonamides is 1. The van der Waals surface area contributed by atoms with Crippen molar-refractivity contribution < 1.29 is 18.4 Å². The Balaban J connectivity index is 1.72. The van der Waals surface area contributed by atoms with Gasteiger partial charge in [0.1, 0.15) is 0 Å². The van der Waals surface area contributed by atoms with Gasteiger partial charge in [-0.15, -0.1) is 0 Å². The first-order chi connectivity index (χ1) is 13.0. The van der Waals surface area contributed by atoms with Crippen LogP contribution in [-0.2, 0) is 14.8 Å². The maximum atomic E-state index is 12.9. The minimum atomic E-state index is -3.65. The molecule has 27 heavy (non-hydrogen) atoms. The lowest BCUT2D eigenvalue weighted by Gasteiger charge is -2.33. The highest BCUT2D eigenvalue weighted by Gasteiger charge is 2.29. The van der Waals surface area contributed by atoms with Gasteiger partial charge in [-0.25, -0.2) is 23.9 Å². The molecular weight excluding hydrogens is 370 g/mol. The van der Waals surface area contributed by atoms with Crippen LogP contribution in [-0.4, -0.2) is 60.0 Å².